The van der Waals surface area contributed by atoms with E-state index in [1.807, 2.05) is 16.8 Å². The summed E-state index contributed by atoms with van der Waals surface area (Å²) in [6, 6.07) is 4.85. The second kappa shape index (κ2) is 7.36. The summed E-state index contributed by atoms with van der Waals surface area (Å²) in [5.41, 5.74) is -0.280. The number of anilines is 1. The van der Waals surface area contributed by atoms with E-state index < -0.39 is 0 Å². The van der Waals surface area contributed by atoms with Gasteiger partial charge in [0.1, 0.15) is 30.8 Å². The number of imidazole rings is 1. The zero-order chi connectivity index (χ0) is 18.6. The Balaban J connectivity index is 1.39. The van der Waals surface area contributed by atoms with Crippen molar-refractivity contribution in [2.24, 2.45) is 0 Å². The highest BCUT2D eigenvalue weighted by molar-refractivity contribution is 5.76. The van der Waals surface area contributed by atoms with Crippen LogP contribution in [0.1, 0.15) is 0 Å². The number of carbonyl (C=O) groups is 1. The van der Waals surface area contributed by atoms with Crippen molar-refractivity contribution in [1.82, 2.24) is 34.2 Å². The van der Waals surface area contributed by atoms with E-state index >= 15 is 0 Å². The molecular formula is C17H18N8O2. The third-order valence-corrected chi connectivity index (χ3v) is 4.43. The Bertz CT molecular complexity index is 976. The second-order valence-electron chi connectivity index (χ2n) is 6.09. The summed E-state index contributed by atoms with van der Waals surface area (Å²) in [6.45, 7) is 2.39. The molecule has 10 nitrogen and oxygen atoms in total. The molecule has 3 aromatic heterocycles. The third-order valence-electron chi connectivity index (χ3n) is 4.43. The summed E-state index contributed by atoms with van der Waals surface area (Å²) in [4.78, 5) is 40.6. The van der Waals surface area contributed by atoms with Gasteiger partial charge in [0, 0.05) is 56.9 Å². The van der Waals surface area contributed by atoms with Gasteiger partial charge in [-0.25, -0.2) is 19.6 Å². The molecule has 0 unspecified atom stereocenters. The second-order valence-corrected chi connectivity index (χ2v) is 6.09. The van der Waals surface area contributed by atoms with Crippen molar-refractivity contribution in [3.63, 3.8) is 0 Å². The summed E-state index contributed by atoms with van der Waals surface area (Å²) >= 11 is 0. The smallest absolute Gasteiger partial charge is 0.267 e. The number of nitrogens with zero attached hydrogens (tertiary/aromatic N) is 8. The van der Waals surface area contributed by atoms with Crippen LogP contribution in [0.4, 0.5) is 5.82 Å². The first kappa shape index (κ1) is 16.9. The first-order valence-electron chi connectivity index (χ1n) is 8.56. The molecule has 0 spiro atoms. The van der Waals surface area contributed by atoms with Crippen molar-refractivity contribution in [3.05, 3.63) is 59.8 Å². The van der Waals surface area contributed by atoms with E-state index in [9.17, 15) is 9.59 Å². The van der Waals surface area contributed by atoms with Gasteiger partial charge in [0.25, 0.3) is 5.56 Å². The molecule has 0 bridgehead atoms. The lowest BCUT2D eigenvalue weighted by Gasteiger charge is -2.35. The summed E-state index contributed by atoms with van der Waals surface area (Å²) in [5.74, 6) is 1.43. The van der Waals surface area contributed by atoms with Crippen LogP contribution in [0.5, 0.6) is 0 Å². The monoisotopic (exact) mass is 366 g/mol. The fraction of sp³-hybridized carbons (Fsp3) is 0.294. The number of amides is 1. The molecule has 1 amide bonds. The Kier molecular flexibility index (Phi) is 4.60. The molecule has 27 heavy (non-hydrogen) atoms. The van der Waals surface area contributed by atoms with Crippen LogP contribution >= 0.6 is 0 Å². The normalized spacial score (nSPS) is 14.4. The van der Waals surface area contributed by atoms with Crippen LogP contribution in [0.2, 0.25) is 0 Å². The number of carbonyl (C=O) groups excluding carboxylic acids is 1. The molecule has 0 aromatic carbocycles. The molecule has 1 aliphatic heterocycles. The predicted molar refractivity (Wildman–Crippen MR) is 96.4 cm³/mol. The van der Waals surface area contributed by atoms with E-state index in [4.69, 9.17) is 0 Å². The number of rotatable bonds is 4. The van der Waals surface area contributed by atoms with E-state index in [-0.39, 0.29) is 18.0 Å². The van der Waals surface area contributed by atoms with E-state index in [2.05, 4.69) is 25.0 Å². The van der Waals surface area contributed by atoms with E-state index in [0.29, 0.717) is 26.2 Å². The average molecular weight is 366 g/mol. The lowest BCUT2D eigenvalue weighted by Crippen LogP contribution is -2.50. The molecular weight excluding hydrogens is 348 g/mol. The number of aromatic nitrogens is 6. The molecule has 0 N–H and O–H groups in total. The lowest BCUT2D eigenvalue weighted by molar-refractivity contribution is -0.132. The van der Waals surface area contributed by atoms with Crippen LogP contribution in [0.25, 0.3) is 5.82 Å². The number of hydrogen-bond acceptors (Lipinski definition) is 7. The quantitative estimate of drug-likeness (QED) is 0.617. The summed E-state index contributed by atoms with van der Waals surface area (Å²) in [5, 5.41) is 3.93. The van der Waals surface area contributed by atoms with E-state index in [0.717, 1.165) is 11.6 Å². The Morgan fingerprint density at radius 3 is 2.63 bits per heavy atom. The Morgan fingerprint density at radius 1 is 1.07 bits per heavy atom. The molecule has 0 radical (unpaired) electrons. The van der Waals surface area contributed by atoms with Crippen molar-refractivity contribution < 1.29 is 4.79 Å². The fourth-order valence-electron chi connectivity index (χ4n) is 2.97. The maximum Gasteiger partial charge on any atom is 0.267 e. The highest BCUT2D eigenvalue weighted by Gasteiger charge is 2.22. The molecule has 4 rings (SSSR count). The largest absolute Gasteiger partial charge is 0.353 e. The lowest BCUT2D eigenvalue weighted by atomic mass is 10.3. The zero-order valence-corrected chi connectivity index (χ0v) is 14.5. The highest BCUT2D eigenvalue weighted by Crippen LogP contribution is 2.16. The first-order valence-corrected chi connectivity index (χ1v) is 8.56. The van der Waals surface area contributed by atoms with Gasteiger partial charge in [0.2, 0.25) is 5.91 Å². The van der Waals surface area contributed by atoms with Crippen molar-refractivity contribution in [3.8, 4) is 5.82 Å². The minimum absolute atomic E-state index is 0.0437. The minimum Gasteiger partial charge on any atom is -0.353 e. The third kappa shape index (κ3) is 3.68. The SMILES string of the molecule is O=C(Cn1ncccc1=O)N1CCN(c2cc(-n3ccnc3)ncn2)CC1. The van der Waals surface area contributed by atoms with Gasteiger partial charge >= 0.3 is 0 Å². The van der Waals surface area contributed by atoms with Crippen LogP contribution in [0.3, 0.4) is 0 Å². The van der Waals surface area contributed by atoms with E-state index in [1.54, 1.807) is 23.5 Å². The van der Waals surface area contributed by atoms with Crippen molar-refractivity contribution in [2.45, 2.75) is 6.54 Å². The molecule has 3 aromatic rings. The van der Waals surface area contributed by atoms with Gasteiger partial charge < -0.3 is 9.80 Å². The highest BCUT2D eigenvalue weighted by atomic mass is 16.2. The van der Waals surface area contributed by atoms with Gasteiger partial charge in [0.05, 0.1) is 0 Å². The Labute approximate surface area is 154 Å². The van der Waals surface area contributed by atoms with Gasteiger partial charge in [-0.15, -0.1) is 0 Å². The molecule has 10 heteroatoms. The number of piperazine rings is 1. The molecule has 4 heterocycles. The molecule has 0 aliphatic carbocycles. The summed E-state index contributed by atoms with van der Waals surface area (Å²) in [6.07, 6.45) is 8.22. The van der Waals surface area contributed by atoms with Crippen molar-refractivity contribution in [2.75, 3.05) is 31.1 Å². The van der Waals surface area contributed by atoms with Crippen molar-refractivity contribution >= 4 is 11.7 Å². The molecule has 1 fully saturated rings. The standard InChI is InChI=1S/C17H18N8O2/c26-16-2-1-3-21-25(16)11-17(27)23-8-6-22(7-9-23)14-10-15(20-12-19-14)24-5-4-18-13-24/h1-5,10,12-13H,6-9,11H2. The van der Waals surface area contributed by atoms with Gasteiger partial charge in [0.15, 0.2) is 0 Å². The van der Waals surface area contributed by atoms with Gasteiger partial charge in [-0.1, -0.05) is 0 Å². The Morgan fingerprint density at radius 2 is 1.89 bits per heavy atom. The van der Waals surface area contributed by atoms with E-state index in [1.165, 1.54) is 23.3 Å². The maximum atomic E-state index is 12.4. The molecule has 0 saturated carbocycles. The molecule has 1 saturated heterocycles. The van der Waals surface area contributed by atoms with Gasteiger partial charge in [-0.05, 0) is 6.07 Å². The van der Waals surface area contributed by atoms with Crippen LogP contribution in [-0.2, 0) is 11.3 Å². The first-order chi connectivity index (χ1) is 13.2. The average Bonchev–Trinajstić information content (AvgIpc) is 3.25. The summed E-state index contributed by atoms with van der Waals surface area (Å²) < 4.78 is 2.99. The number of hydrogen-bond donors (Lipinski definition) is 0. The topological polar surface area (TPSA) is 102 Å². The van der Waals surface area contributed by atoms with Crippen LogP contribution in [0, 0.1) is 0 Å². The minimum atomic E-state index is -0.280. The predicted octanol–water partition coefficient (Wildman–Crippen LogP) is -0.432. The van der Waals surface area contributed by atoms with Gasteiger partial charge in [-0.2, -0.15) is 5.10 Å². The molecule has 1 aliphatic rings. The van der Waals surface area contributed by atoms with Crippen LogP contribution < -0.4 is 10.5 Å². The molecule has 138 valence electrons. The van der Waals surface area contributed by atoms with Crippen LogP contribution in [-0.4, -0.2) is 66.3 Å². The Hall–Kier alpha value is -3.56. The fourth-order valence-corrected chi connectivity index (χ4v) is 2.97. The van der Waals surface area contributed by atoms with Gasteiger partial charge in [-0.3, -0.25) is 14.2 Å². The molecule has 0 atom stereocenters. The summed E-state index contributed by atoms with van der Waals surface area (Å²) in [7, 11) is 0. The van der Waals surface area contributed by atoms with Crippen molar-refractivity contribution in [1.29, 1.82) is 0 Å². The maximum absolute atomic E-state index is 12.4. The zero-order valence-electron chi connectivity index (χ0n) is 14.5. The van der Waals surface area contributed by atoms with Crippen LogP contribution in [0.15, 0.2) is 54.2 Å².